The van der Waals surface area contributed by atoms with Gasteiger partial charge in [0.15, 0.2) is 0 Å². The third kappa shape index (κ3) is 2.33. The highest BCUT2D eigenvalue weighted by molar-refractivity contribution is 6.31. The lowest BCUT2D eigenvalue weighted by Crippen LogP contribution is -2.36. The molecule has 0 heterocycles. The zero-order valence-corrected chi connectivity index (χ0v) is 10.3. The summed E-state index contributed by atoms with van der Waals surface area (Å²) < 4.78 is 5.94. The van der Waals surface area contributed by atoms with E-state index in [1.54, 1.807) is 0 Å². The van der Waals surface area contributed by atoms with Crippen molar-refractivity contribution in [2.75, 3.05) is 6.61 Å². The van der Waals surface area contributed by atoms with Gasteiger partial charge in [0.2, 0.25) is 0 Å². The van der Waals surface area contributed by atoms with Gasteiger partial charge in [-0.2, -0.15) is 0 Å². The largest absolute Gasteiger partial charge is 0.485 e. The summed E-state index contributed by atoms with van der Waals surface area (Å²) in [5.41, 5.74) is 0.644. The molecule has 0 atom stereocenters. The third-order valence-corrected chi connectivity index (χ3v) is 3.69. The molecule has 0 spiro atoms. The third-order valence-electron chi connectivity index (χ3n) is 3.27. The highest BCUT2D eigenvalue weighted by Crippen LogP contribution is 2.34. The molecule has 2 rings (SSSR count). The van der Waals surface area contributed by atoms with Crippen LogP contribution in [0.5, 0.6) is 5.75 Å². The summed E-state index contributed by atoms with van der Waals surface area (Å²) in [6.45, 7) is 2.05. The van der Waals surface area contributed by atoms with E-state index in [9.17, 15) is 5.11 Å². The van der Waals surface area contributed by atoms with Gasteiger partial charge >= 0.3 is 0 Å². The van der Waals surface area contributed by atoms with Gasteiger partial charge in [-0.1, -0.05) is 11.6 Å². The molecule has 16 heavy (non-hydrogen) atoms. The molecule has 1 aromatic carbocycles. The molecule has 0 radical (unpaired) electrons. The Hall–Kier alpha value is -0.730. The Morgan fingerprint density at radius 3 is 2.62 bits per heavy atom. The van der Waals surface area contributed by atoms with Crippen LogP contribution in [0, 0.1) is 6.92 Å². The molecule has 1 aromatic rings. The standard InChI is InChI=1S/C13H17ClO2/c1-10-8-11(4-5-12(10)14)16-13(9-15)6-2-3-7-13/h4-5,8,15H,2-3,6-7,9H2,1H3. The lowest BCUT2D eigenvalue weighted by Gasteiger charge is -2.28. The van der Waals surface area contributed by atoms with E-state index < -0.39 is 0 Å². The van der Waals surface area contributed by atoms with E-state index in [1.807, 2.05) is 25.1 Å². The first-order valence-corrected chi connectivity index (χ1v) is 6.09. The Morgan fingerprint density at radius 1 is 1.38 bits per heavy atom. The van der Waals surface area contributed by atoms with E-state index in [0.717, 1.165) is 42.0 Å². The summed E-state index contributed by atoms with van der Waals surface area (Å²) in [6, 6.07) is 5.63. The molecule has 3 heteroatoms. The molecule has 88 valence electrons. The van der Waals surface area contributed by atoms with Crippen LogP contribution in [0.1, 0.15) is 31.2 Å². The number of rotatable bonds is 3. The number of aryl methyl sites for hydroxylation is 1. The summed E-state index contributed by atoms with van der Waals surface area (Å²) in [4.78, 5) is 0. The lowest BCUT2D eigenvalue weighted by molar-refractivity contribution is 0.0151. The van der Waals surface area contributed by atoms with E-state index in [4.69, 9.17) is 16.3 Å². The Balaban J connectivity index is 2.16. The van der Waals surface area contributed by atoms with Gasteiger partial charge in [0.25, 0.3) is 0 Å². The predicted octanol–water partition coefficient (Wildman–Crippen LogP) is 3.33. The van der Waals surface area contributed by atoms with Crippen molar-refractivity contribution in [3.63, 3.8) is 0 Å². The highest BCUT2D eigenvalue weighted by Gasteiger charge is 2.35. The quantitative estimate of drug-likeness (QED) is 0.878. The first kappa shape index (κ1) is 11.7. The summed E-state index contributed by atoms with van der Waals surface area (Å²) in [5.74, 6) is 0.804. The molecule has 0 aliphatic heterocycles. The topological polar surface area (TPSA) is 29.5 Å². The first-order valence-electron chi connectivity index (χ1n) is 5.71. The number of hydrogen-bond acceptors (Lipinski definition) is 2. The van der Waals surface area contributed by atoms with Crippen molar-refractivity contribution in [3.8, 4) is 5.75 Å². The lowest BCUT2D eigenvalue weighted by atomic mass is 10.0. The number of hydrogen-bond donors (Lipinski definition) is 1. The van der Waals surface area contributed by atoms with Crippen molar-refractivity contribution < 1.29 is 9.84 Å². The van der Waals surface area contributed by atoms with Crippen molar-refractivity contribution in [3.05, 3.63) is 28.8 Å². The molecule has 0 bridgehead atoms. The Morgan fingerprint density at radius 2 is 2.06 bits per heavy atom. The molecule has 1 N–H and O–H groups in total. The van der Waals surface area contributed by atoms with Gasteiger partial charge < -0.3 is 9.84 Å². The number of aliphatic hydroxyl groups is 1. The van der Waals surface area contributed by atoms with Crippen LogP contribution in [0.3, 0.4) is 0 Å². The fourth-order valence-electron chi connectivity index (χ4n) is 2.24. The minimum absolute atomic E-state index is 0.0919. The van der Waals surface area contributed by atoms with Crippen LogP contribution in [0.25, 0.3) is 0 Å². The number of aliphatic hydroxyl groups excluding tert-OH is 1. The van der Waals surface area contributed by atoms with Crippen LogP contribution in [-0.2, 0) is 0 Å². The van der Waals surface area contributed by atoms with Gasteiger partial charge in [0.05, 0.1) is 6.61 Å². The average molecular weight is 241 g/mol. The monoisotopic (exact) mass is 240 g/mol. The van der Waals surface area contributed by atoms with Crippen LogP contribution < -0.4 is 4.74 Å². The molecule has 1 aliphatic carbocycles. The summed E-state index contributed by atoms with van der Waals surface area (Å²) in [6.07, 6.45) is 4.14. The minimum Gasteiger partial charge on any atom is -0.485 e. The Bertz CT molecular complexity index is 370. The van der Waals surface area contributed by atoms with Crippen LogP contribution >= 0.6 is 11.6 Å². The van der Waals surface area contributed by atoms with Crippen molar-refractivity contribution in [2.24, 2.45) is 0 Å². The van der Waals surface area contributed by atoms with E-state index in [1.165, 1.54) is 0 Å². The molecule has 0 saturated heterocycles. The van der Waals surface area contributed by atoms with E-state index in [2.05, 4.69) is 0 Å². The highest BCUT2D eigenvalue weighted by atomic mass is 35.5. The normalized spacial score (nSPS) is 18.7. The molecule has 0 aromatic heterocycles. The molecule has 0 amide bonds. The predicted molar refractivity (Wildman–Crippen MR) is 65.1 cm³/mol. The SMILES string of the molecule is Cc1cc(OC2(CO)CCCC2)ccc1Cl. The molecule has 0 unspecified atom stereocenters. The number of halogens is 1. The van der Waals surface area contributed by atoms with Gasteiger partial charge in [0, 0.05) is 5.02 Å². The fraction of sp³-hybridized carbons (Fsp3) is 0.538. The molecular weight excluding hydrogens is 224 g/mol. The van der Waals surface area contributed by atoms with Gasteiger partial charge in [-0.05, 0) is 56.4 Å². The zero-order chi connectivity index (χ0) is 11.6. The fourth-order valence-corrected chi connectivity index (χ4v) is 2.36. The van der Waals surface area contributed by atoms with Gasteiger partial charge in [-0.15, -0.1) is 0 Å². The van der Waals surface area contributed by atoms with Gasteiger partial charge in [0.1, 0.15) is 11.4 Å². The van der Waals surface area contributed by atoms with Crippen molar-refractivity contribution >= 4 is 11.6 Å². The van der Waals surface area contributed by atoms with Crippen LogP contribution in [0.2, 0.25) is 5.02 Å². The van der Waals surface area contributed by atoms with Gasteiger partial charge in [-0.3, -0.25) is 0 Å². The second-order valence-electron chi connectivity index (χ2n) is 4.56. The van der Waals surface area contributed by atoms with Gasteiger partial charge in [-0.25, -0.2) is 0 Å². The molecule has 1 saturated carbocycles. The van der Waals surface area contributed by atoms with Crippen LogP contribution in [0.15, 0.2) is 18.2 Å². The Kier molecular flexibility index (Phi) is 3.41. The van der Waals surface area contributed by atoms with Crippen LogP contribution in [-0.4, -0.2) is 17.3 Å². The smallest absolute Gasteiger partial charge is 0.132 e. The van der Waals surface area contributed by atoms with Crippen molar-refractivity contribution in [1.29, 1.82) is 0 Å². The molecule has 2 nitrogen and oxygen atoms in total. The number of benzene rings is 1. The summed E-state index contributed by atoms with van der Waals surface area (Å²) >= 11 is 5.96. The average Bonchev–Trinajstić information content (AvgIpc) is 2.73. The molecule has 1 aliphatic rings. The second kappa shape index (κ2) is 4.64. The van der Waals surface area contributed by atoms with E-state index in [0.29, 0.717) is 0 Å². The Labute approximate surface area is 101 Å². The maximum absolute atomic E-state index is 9.45. The van der Waals surface area contributed by atoms with Crippen molar-refractivity contribution in [2.45, 2.75) is 38.2 Å². The maximum Gasteiger partial charge on any atom is 0.132 e. The zero-order valence-electron chi connectivity index (χ0n) is 9.50. The first-order chi connectivity index (χ1) is 7.65. The van der Waals surface area contributed by atoms with Crippen molar-refractivity contribution in [1.82, 2.24) is 0 Å². The number of ether oxygens (including phenoxy) is 1. The van der Waals surface area contributed by atoms with E-state index in [-0.39, 0.29) is 12.2 Å². The summed E-state index contributed by atoms with van der Waals surface area (Å²) in [7, 11) is 0. The maximum atomic E-state index is 9.45. The van der Waals surface area contributed by atoms with E-state index >= 15 is 0 Å². The second-order valence-corrected chi connectivity index (χ2v) is 4.97. The van der Waals surface area contributed by atoms with Crippen LogP contribution in [0.4, 0.5) is 0 Å². The minimum atomic E-state index is -0.361. The summed E-state index contributed by atoms with van der Waals surface area (Å²) in [5, 5.41) is 10.2. The molecule has 1 fully saturated rings. The molecular formula is C13H17ClO2.